The third-order valence-electron chi connectivity index (χ3n) is 4.97. The lowest BCUT2D eigenvalue weighted by Crippen LogP contribution is -2.28. The van der Waals surface area contributed by atoms with Crippen molar-refractivity contribution >= 4 is 29.1 Å². The van der Waals surface area contributed by atoms with Gasteiger partial charge in [0.15, 0.2) is 0 Å². The van der Waals surface area contributed by atoms with E-state index in [0.717, 1.165) is 42.8 Å². The molecule has 0 N–H and O–H groups in total. The topological polar surface area (TPSA) is 42.6 Å². The Morgan fingerprint density at radius 1 is 1.34 bits per heavy atom. The van der Waals surface area contributed by atoms with E-state index in [4.69, 9.17) is 0 Å². The fourth-order valence-corrected chi connectivity index (χ4v) is 4.26. The summed E-state index contributed by atoms with van der Waals surface area (Å²) in [7, 11) is 1.84. The van der Waals surface area contributed by atoms with Crippen LogP contribution < -0.4 is 0 Å². The van der Waals surface area contributed by atoms with Crippen molar-refractivity contribution < 1.29 is 8.78 Å². The van der Waals surface area contributed by atoms with Crippen molar-refractivity contribution in [2.24, 2.45) is 4.99 Å². The highest BCUT2D eigenvalue weighted by Gasteiger charge is 2.20. The first kappa shape index (κ1) is 21.0. The van der Waals surface area contributed by atoms with Crippen molar-refractivity contribution in [2.45, 2.75) is 32.2 Å². The van der Waals surface area contributed by atoms with Crippen LogP contribution in [0.15, 0.2) is 41.9 Å². The zero-order valence-electron chi connectivity index (χ0n) is 16.4. The number of nitriles is 1. The van der Waals surface area contributed by atoms with Crippen molar-refractivity contribution in [3.05, 3.63) is 57.8 Å². The van der Waals surface area contributed by atoms with E-state index < -0.39 is 6.43 Å². The van der Waals surface area contributed by atoms with Gasteiger partial charge in [-0.1, -0.05) is 24.8 Å². The summed E-state index contributed by atoms with van der Waals surface area (Å²) in [6.07, 6.45) is 2.68. The van der Waals surface area contributed by atoms with Gasteiger partial charge in [0.1, 0.15) is 0 Å². The Balaban J connectivity index is 1.82. The molecule has 4 nitrogen and oxygen atoms in total. The van der Waals surface area contributed by atoms with Gasteiger partial charge in [-0.25, -0.2) is 13.8 Å². The zero-order chi connectivity index (χ0) is 20.8. The molecular weight excluding hydrogens is 390 g/mol. The highest BCUT2D eigenvalue weighted by molar-refractivity contribution is 7.13. The first-order chi connectivity index (χ1) is 14.0. The summed E-state index contributed by atoms with van der Waals surface area (Å²) in [5.41, 5.74) is 2.58. The van der Waals surface area contributed by atoms with Gasteiger partial charge in [-0.3, -0.25) is 0 Å². The molecule has 29 heavy (non-hydrogen) atoms. The van der Waals surface area contributed by atoms with Crippen molar-refractivity contribution in [2.75, 3.05) is 20.1 Å². The molecule has 1 aliphatic rings. The Morgan fingerprint density at radius 2 is 2.07 bits per heavy atom. The summed E-state index contributed by atoms with van der Waals surface area (Å²) < 4.78 is 26.7. The van der Waals surface area contributed by atoms with Gasteiger partial charge in [-0.05, 0) is 37.0 Å². The second kappa shape index (κ2) is 9.66. The van der Waals surface area contributed by atoms with Gasteiger partial charge in [0, 0.05) is 32.4 Å². The van der Waals surface area contributed by atoms with E-state index >= 15 is 0 Å². The van der Waals surface area contributed by atoms with Gasteiger partial charge >= 0.3 is 0 Å². The molecule has 0 amide bonds. The van der Waals surface area contributed by atoms with Crippen LogP contribution in [0.3, 0.4) is 0 Å². The van der Waals surface area contributed by atoms with Gasteiger partial charge in [0.05, 0.1) is 33.4 Å². The van der Waals surface area contributed by atoms with Crippen LogP contribution in [0.1, 0.15) is 46.6 Å². The number of aliphatic imine (C=N–C) groups is 1. The van der Waals surface area contributed by atoms with Gasteiger partial charge in [-0.2, -0.15) is 5.26 Å². The summed E-state index contributed by atoms with van der Waals surface area (Å²) in [4.78, 5) is 9.13. The molecule has 0 aliphatic carbocycles. The van der Waals surface area contributed by atoms with E-state index in [2.05, 4.69) is 22.5 Å². The molecule has 1 aromatic heterocycles. The molecule has 0 saturated carbocycles. The van der Waals surface area contributed by atoms with Gasteiger partial charge < -0.3 is 9.80 Å². The average molecular weight is 415 g/mol. The molecule has 0 radical (unpaired) electrons. The number of nitrogens with zero attached hydrogens (tertiary/aromatic N) is 4. The molecule has 2 heterocycles. The van der Waals surface area contributed by atoms with Gasteiger partial charge in [0.2, 0.25) is 0 Å². The Bertz CT molecular complexity index is 923. The predicted octanol–water partition coefficient (Wildman–Crippen LogP) is 5.81. The zero-order valence-corrected chi connectivity index (χ0v) is 17.3. The Kier molecular flexibility index (Phi) is 6.99. The molecule has 1 saturated heterocycles. The van der Waals surface area contributed by atoms with E-state index in [1.807, 2.05) is 30.1 Å². The van der Waals surface area contributed by atoms with Gasteiger partial charge in [-0.15, -0.1) is 11.3 Å². The lowest BCUT2D eigenvalue weighted by molar-refractivity contribution is 0.155. The summed E-state index contributed by atoms with van der Waals surface area (Å²) in [5.74, 6) is 0. The first-order valence-corrected chi connectivity index (χ1v) is 10.4. The smallest absolute Gasteiger partial charge is 0.272 e. The van der Waals surface area contributed by atoms with Crippen LogP contribution in [0.5, 0.6) is 0 Å². The van der Waals surface area contributed by atoms with Crippen molar-refractivity contribution in [3.63, 3.8) is 0 Å². The van der Waals surface area contributed by atoms with Crippen LogP contribution in [0.4, 0.5) is 14.5 Å². The summed E-state index contributed by atoms with van der Waals surface area (Å²) in [6.45, 7) is 6.47. The third kappa shape index (κ3) is 5.21. The number of likely N-dealkylation sites (tertiary alicyclic amines) is 1. The number of hydrogen-bond donors (Lipinski definition) is 0. The van der Waals surface area contributed by atoms with E-state index in [9.17, 15) is 14.0 Å². The van der Waals surface area contributed by atoms with E-state index in [1.54, 1.807) is 12.4 Å². The molecular formula is C22H24F2N4S. The molecule has 152 valence electrons. The quantitative estimate of drug-likeness (QED) is 0.424. The van der Waals surface area contributed by atoms with Crippen molar-refractivity contribution in [1.82, 2.24) is 9.80 Å². The first-order valence-electron chi connectivity index (χ1n) is 9.58. The Hall–Kier alpha value is -2.72. The molecule has 7 heteroatoms. The molecule has 0 spiro atoms. The molecule has 2 aromatic rings. The maximum atomic E-state index is 13.3. The van der Waals surface area contributed by atoms with Crippen molar-refractivity contribution in [1.29, 1.82) is 5.26 Å². The average Bonchev–Trinajstić information content (AvgIpc) is 3.17. The van der Waals surface area contributed by atoms with Crippen LogP contribution in [0.2, 0.25) is 0 Å². The van der Waals surface area contributed by atoms with Crippen LogP contribution >= 0.6 is 11.3 Å². The SMILES string of the molecule is C=C(c1sc(C(F)F)cc1N=CN1CCCCC1)N(C)Cc1ccccc1C#N. The molecule has 1 fully saturated rings. The Labute approximate surface area is 174 Å². The number of benzene rings is 1. The largest absolute Gasteiger partial charge is 0.369 e. The fourth-order valence-electron chi connectivity index (χ4n) is 3.28. The van der Waals surface area contributed by atoms with E-state index in [0.29, 0.717) is 28.4 Å². The summed E-state index contributed by atoms with van der Waals surface area (Å²) in [6, 6.07) is 11.0. The number of hydrogen-bond acceptors (Lipinski definition) is 4. The van der Waals surface area contributed by atoms with Crippen molar-refractivity contribution in [3.8, 4) is 6.07 Å². The maximum Gasteiger partial charge on any atom is 0.272 e. The summed E-state index contributed by atoms with van der Waals surface area (Å²) in [5, 5.41) is 9.29. The van der Waals surface area contributed by atoms with Crippen LogP contribution in [0, 0.1) is 11.3 Å². The lowest BCUT2D eigenvalue weighted by atomic mass is 10.1. The molecule has 0 bridgehead atoms. The molecule has 1 aliphatic heterocycles. The minimum absolute atomic E-state index is 0.0160. The number of alkyl halides is 2. The number of piperidine rings is 1. The molecule has 3 rings (SSSR count). The van der Waals surface area contributed by atoms with Crippen LogP contribution in [0.25, 0.3) is 5.70 Å². The third-order valence-corrected chi connectivity index (χ3v) is 6.15. The minimum Gasteiger partial charge on any atom is -0.369 e. The number of thiophene rings is 1. The van der Waals surface area contributed by atoms with E-state index in [-0.39, 0.29) is 4.88 Å². The molecule has 1 aromatic carbocycles. The maximum absolute atomic E-state index is 13.3. The van der Waals surface area contributed by atoms with Crippen LogP contribution in [-0.2, 0) is 6.54 Å². The highest BCUT2D eigenvalue weighted by Crippen LogP contribution is 2.40. The summed E-state index contributed by atoms with van der Waals surface area (Å²) >= 11 is 1.02. The second-order valence-corrected chi connectivity index (χ2v) is 8.16. The fraction of sp³-hybridized carbons (Fsp3) is 0.364. The normalized spacial score (nSPS) is 14.4. The highest BCUT2D eigenvalue weighted by atomic mass is 32.1. The predicted molar refractivity (Wildman–Crippen MR) is 115 cm³/mol. The lowest BCUT2D eigenvalue weighted by Gasteiger charge is -2.24. The second-order valence-electron chi connectivity index (χ2n) is 7.08. The van der Waals surface area contributed by atoms with Gasteiger partial charge in [0.25, 0.3) is 6.43 Å². The number of rotatable bonds is 7. The molecule has 0 unspecified atom stereocenters. The standard InChI is InChI=1S/C22H24F2N4S/c1-16(27(2)14-18-9-5-4-8-17(18)13-25)21-19(12-20(29-21)22(23)24)26-15-28-10-6-3-7-11-28/h4-5,8-9,12,15,22H,1,3,6-7,10-11,14H2,2H3. The van der Waals surface area contributed by atoms with Crippen LogP contribution in [-0.4, -0.2) is 36.3 Å². The monoisotopic (exact) mass is 414 g/mol. The number of halogens is 2. The Morgan fingerprint density at radius 3 is 2.76 bits per heavy atom. The minimum atomic E-state index is -2.55. The van der Waals surface area contributed by atoms with E-state index in [1.165, 1.54) is 12.5 Å². The molecule has 0 atom stereocenters.